The summed E-state index contributed by atoms with van der Waals surface area (Å²) in [4.78, 5) is 0. The van der Waals surface area contributed by atoms with E-state index < -0.39 is 36.5 Å². The van der Waals surface area contributed by atoms with Crippen molar-refractivity contribution in [2.45, 2.75) is 31.8 Å². The first-order valence-corrected chi connectivity index (χ1v) is 3.62. The molecule has 0 aromatic rings. The standard InChI is InChI=1S/C7H8F6O/c1-2-5(14)4(7(11,12)13)3-6(8,9)10/h3,5,14H,2H2,1H3/b4-3-. The van der Waals surface area contributed by atoms with Crippen LogP contribution in [0.15, 0.2) is 11.6 Å². The molecular formula is C7H8F6O. The second-order valence-corrected chi connectivity index (χ2v) is 2.56. The molecule has 0 bridgehead atoms. The molecule has 0 saturated carbocycles. The summed E-state index contributed by atoms with van der Waals surface area (Å²) in [5, 5.41) is 8.73. The van der Waals surface area contributed by atoms with Gasteiger partial charge in [0.15, 0.2) is 0 Å². The highest BCUT2D eigenvalue weighted by atomic mass is 19.4. The fourth-order valence-corrected chi connectivity index (χ4v) is 0.763. The number of allylic oxidation sites excluding steroid dienone is 1. The van der Waals surface area contributed by atoms with E-state index in [1.54, 1.807) is 0 Å². The van der Waals surface area contributed by atoms with Gasteiger partial charge in [-0.1, -0.05) is 6.92 Å². The summed E-state index contributed by atoms with van der Waals surface area (Å²) in [6.45, 7) is 1.15. The molecule has 0 heterocycles. The van der Waals surface area contributed by atoms with E-state index >= 15 is 0 Å². The quantitative estimate of drug-likeness (QED) is 0.562. The molecule has 0 aliphatic carbocycles. The van der Waals surface area contributed by atoms with Crippen molar-refractivity contribution in [1.82, 2.24) is 0 Å². The highest BCUT2D eigenvalue weighted by molar-refractivity contribution is 5.16. The van der Waals surface area contributed by atoms with Gasteiger partial charge in [-0.2, -0.15) is 26.3 Å². The summed E-state index contributed by atoms with van der Waals surface area (Å²) in [5.41, 5.74) is -1.97. The van der Waals surface area contributed by atoms with Gasteiger partial charge in [0.1, 0.15) is 0 Å². The Hall–Kier alpha value is -0.720. The summed E-state index contributed by atoms with van der Waals surface area (Å²) in [5.74, 6) is 0. The molecule has 7 heteroatoms. The molecule has 0 aromatic carbocycles. The molecule has 0 fully saturated rings. The topological polar surface area (TPSA) is 20.2 Å². The van der Waals surface area contributed by atoms with Gasteiger partial charge in [0.05, 0.1) is 11.7 Å². The maximum absolute atomic E-state index is 12.0. The minimum Gasteiger partial charge on any atom is -0.388 e. The van der Waals surface area contributed by atoms with E-state index in [2.05, 4.69) is 0 Å². The first-order valence-electron chi connectivity index (χ1n) is 3.62. The molecule has 1 N–H and O–H groups in total. The molecule has 84 valence electrons. The van der Waals surface area contributed by atoms with Crippen LogP contribution in [0.3, 0.4) is 0 Å². The van der Waals surface area contributed by atoms with Crippen molar-refractivity contribution in [3.63, 3.8) is 0 Å². The van der Waals surface area contributed by atoms with Crippen LogP contribution in [0.2, 0.25) is 0 Å². The van der Waals surface area contributed by atoms with Gasteiger partial charge in [-0.25, -0.2) is 0 Å². The first-order chi connectivity index (χ1) is 6.08. The average molecular weight is 222 g/mol. The van der Waals surface area contributed by atoms with Crippen LogP contribution in [0.1, 0.15) is 13.3 Å². The van der Waals surface area contributed by atoms with E-state index in [9.17, 15) is 26.3 Å². The summed E-state index contributed by atoms with van der Waals surface area (Å²) in [6.07, 6.45) is -13.7. The van der Waals surface area contributed by atoms with Crippen LogP contribution in [-0.4, -0.2) is 23.6 Å². The largest absolute Gasteiger partial charge is 0.415 e. The molecular weight excluding hydrogens is 214 g/mol. The van der Waals surface area contributed by atoms with Gasteiger partial charge >= 0.3 is 12.4 Å². The van der Waals surface area contributed by atoms with E-state index in [0.29, 0.717) is 0 Å². The number of alkyl halides is 6. The molecule has 0 spiro atoms. The minimum atomic E-state index is -5.16. The lowest BCUT2D eigenvalue weighted by atomic mass is 10.1. The van der Waals surface area contributed by atoms with Crippen molar-refractivity contribution in [3.05, 3.63) is 11.6 Å². The van der Waals surface area contributed by atoms with Crippen molar-refractivity contribution < 1.29 is 31.4 Å². The lowest BCUT2D eigenvalue weighted by Crippen LogP contribution is -2.26. The Bertz CT molecular complexity index is 213. The Morgan fingerprint density at radius 3 is 1.86 bits per heavy atom. The third-order valence-corrected chi connectivity index (χ3v) is 1.39. The number of hydrogen-bond acceptors (Lipinski definition) is 1. The van der Waals surface area contributed by atoms with Gasteiger partial charge in [0.2, 0.25) is 0 Å². The highest BCUT2D eigenvalue weighted by Gasteiger charge is 2.41. The second-order valence-electron chi connectivity index (χ2n) is 2.56. The SMILES string of the molecule is CCC(O)/C(=C/C(F)(F)F)C(F)(F)F. The Balaban J connectivity index is 5.03. The maximum atomic E-state index is 12.0. The van der Waals surface area contributed by atoms with Gasteiger partial charge in [-0.05, 0) is 6.42 Å². The van der Waals surface area contributed by atoms with Crippen LogP contribution < -0.4 is 0 Å². The zero-order valence-electron chi connectivity index (χ0n) is 7.08. The van der Waals surface area contributed by atoms with E-state index in [-0.39, 0.29) is 0 Å². The molecule has 0 amide bonds. The van der Waals surface area contributed by atoms with E-state index in [1.165, 1.54) is 0 Å². The van der Waals surface area contributed by atoms with Crippen molar-refractivity contribution in [2.24, 2.45) is 0 Å². The van der Waals surface area contributed by atoms with Crippen molar-refractivity contribution in [3.8, 4) is 0 Å². The van der Waals surface area contributed by atoms with Crippen LogP contribution in [0.5, 0.6) is 0 Å². The number of halogens is 6. The predicted molar refractivity (Wildman–Crippen MR) is 36.5 cm³/mol. The monoisotopic (exact) mass is 222 g/mol. The second kappa shape index (κ2) is 4.20. The highest BCUT2D eigenvalue weighted by Crippen LogP contribution is 2.33. The zero-order valence-corrected chi connectivity index (χ0v) is 7.08. The van der Waals surface area contributed by atoms with Crippen molar-refractivity contribution in [2.75, 3.05) is 0 Å². The van der Waals surface area contributed by atoms with Crippen molar-refractivity contribution in [1.29, 1.82) is 0 Å². The molecule has 1 nitrogen and oxygen atoms in total. The summed E-state index contributed by atoms with van der Waals surface area (Å²) in [6, 6.07) is 0. The fraction of sp³-hybridized carbons (Fsp3) is 0.714. The summed E-state index contributed by atoms with van der Waals surface area (Å²) >= 11 is 0. The van der Waals surface area contributed by atoms with E-state index in [0.717, 1.165) is 6.92 Å². The third kappa shape index (κ3) is 4.50. The zero-order chi connectivity index (χ0) is 11.6. The molecule has 1 unspecified atom stereocenters. The van der Waals surface area contributed by atoms with Gasteiger partial charge in [-0.3, -0.25) is 0 Å². The normalized spacial score (nSPS) is 17.0. The van der Waals surface area contributed by atoms with Crippen molar-refractivity contribution >= 4 is 0 Å². The third-order valence-electron chi connectivity index (χ3n) is 1.39. The number of hydrogen-bond donors (Lipinski definition) is 1. The van der Waals surface area contributed by atoms with Gasteiger partial charge < -0.3 is 5.11 Å². The number of rotatable bonds is 2. The summed E-state index contributed by atoms with van der Waals surface area (Å²) < 4.78 is 70.8. The van der Waals surface area contributed by atoms with Gasteiger partial charge in [0, 0.05) is 6.08 Å². The van der Waals surface area contributed by atoms with Gasteiger partial charge in [-0.15, -0.1) is 0 Å². The van der Waals surface area contributed by atoms with E-state index in [4.69, 9.17) is 5.11 Å². The Kier molecular flexibility index (Phi) is 3.99. The van der Waals surface area contributed by atoms with Crippen LogP contribution in [0.25, 0.3) is 0 Å². The average Bonchev–Trinajstić information content (AvgIpc) is 1.95. The Morgan fingerprint density at radius 2 is 1.64 bits per heavy atom. The molecule has 0 rings (SSSR count). The van der Waals surface area contributed by atoms with Crippen LogP contribution in [-0.2, 0) is 0 Å². The smallest absolute Gasteiger partial charge is 0.388 e. The predicted octanol–water partition coefficient (Wildman–Crippen LogP) is 2.81. The van der Waals surface area contributed by atoms with Gasteiger partial charge in [0.25, 0.3) is 0 Å². The van der Waals surface area contributed by atoms with Crippen LogP contribution in [0, 0.1) is 0 Å². The molecule has 0 radical (unpaired) electrons. The lowest BCUT2D eigenvalue weighted by molar-refractivity contribution is -0.118. The maximum Gasteiger partial charge on any atom is 0.415 e. The lowest BCUT2D eigenvalue weighted by Gasteiger charge is -2.17. The molecule has 0 aliphatic rings. The molecule has 0 aliphatic heterocycles. The number of aliphatic hydroxyl groups is 1. The molecule has 0 saturated heterocycles. The molecule has 14 heavy (non-hydrogen) atoms. The fourth-order valence-electron chi connectivity index (χ4n) is 0.763. The summed E-state index contributed by atoms with van der Waals surface area (Å²) in [7, 11) is 0. The molecule has 0 aromatic heterocycles. The Morgan fingerprint density at radius 1 is 1.21 bits per heavy atom. The minimum absolute atomic E-state index is 0.429. The first kappa shape index (κ1) is 13.3. The number of aliphatic hydroxyl groups excluding tert-OH is 1. The van der Waals surface area contributed by atoms with E-state index in [1.807, 2.05) is 0 Å². The molecule has 1 atom stereocenters. The van der Waals surface area contributed by atoms with Crippen LogP contribution >= 0.6 is 0 Å². The Labute approximate surface area is 76.0 Å². The van der Waals surface area contributed by atoms with Crippen LogP contribution in [0.4, 0.5) is 26.3 Å².